The predicted molar refractivity (Wildman–Crippen MR) is 71.5 cm³/mol. The van der Waals surface area contributed by atoms with Crippen molar-refractivity contribution in [2.24, 2.45) is 0 Å². The van der Waals surface area contributed by atoms with Crippen LogP contribution in [-0.2, 0) is 6.54 Å². The number of aromatic hydroxyl groups is 1. The molecule has 102 valence electrons. The first kappa shape index (κ1) is 14.1. The van der Waals surface area contributed by atoms with Crippen molar-refractivity contribution < 1.29 is 13.9 Å². The zero-order valence-corrected chi connectivity index (χ0v) is 10.9. The third kappa shape index (κ3) is 2.98. The number of nitrogens with zero attached hydrogens (tertiary/aromatic N) is 1. The number of phenolic OH excluding ortho intramolecular Hbond substituents is 1. The Morgan fingerprint density at radius 2 is 1.85 bits per heavy atom. The van der Waals surface area contributed by atoms with Crippen LogP contribution in [-0.4, -0.2) is 5.11 Å². The summed E-state index contributed by atoms with van der Waals surface area (Å²) in [5.74, 6) is -3.07. The van der Waals surface area contributed by atoms with Gasteiger partial charge in [0.2, 0.25) is 0 Å². The topological polar surface area (TPSA) is 56.0 Å². The quantitative estimate of drug-likeness (QED) is 0.905. The van der Waals surface area contributed by atoms with E-state index in [9.17, 15) is 8.78 Å². The lowest BCUT2D eigenvalue weighted by Gasteiger charge is -2.09. The molecule has 0 atom stereocenters. The van der Waals surface area contributed by atoms with Gasteiger partial charge in [-0.2, -0.15) is 5.26 Å². The van der Waals surface area contributed by atoms with Gasteiger partial charge in [-0.3, -0.25) is 0 Å². The van der Waals surface area contributed by atoms with Gasteiger partial charge in [0.15, 0.2) is 17.4 Å². The second-order valence-corrected chi connectivity index (χ2v) is 4.50. The maximum absolute atomic E-state index is 13.2. The van der Waals surface area contributed by atoms with E-state index in [0.29, 0.717) is 21.8 Å². The molecule has 0 aliphatic carbocycles. The fourth-order valence-electron chi connectivity index (χ4n) is 1.68. The summed E-state index contributed by atoms with van der Waals surface area (Å²) in [4.78, 5) is 0. The van der Waals surface area contributed by atoms with Crippen LogP contribution in [0.25, 0.3) is 0 Å². The molecule has 0 aliphatic rings. The van der Waals surface area contributed by atoms with Crippen molar-refractivity contribution >= 4 is 17.3 Å². The Bertz CT molecular complexity index is 675. The molecule has 6 heteroatoms. The monoisotopic (exact) mass is 294 g/mol. The van der Waals surface area contributed by atoms with E-state index in [1.165, 1.54) is 0 Å². The Morgan fingerprint density at radius 3 is 2.45 bits per heavy atom. The lowest BCUT2D eigenvalue weighted by atomic mass is 10.1. The normalized spacial score (nSPS) is 10.1. The van der Waals surface area contributed by atoms with Crippen molar-refractivity contribution in [3.05, 3.63) is 58.1 Å². The number of anilines is 1. The number of phenols is 1. The number of halogens is 3. The SMILES string of the molecule is N#Cc1ccc(Cl)cc1NCc1cc(F)c(O)c(F)c1. The molecule has 0 heterocycles. The van der Waals surface area contributed by atoms with Gasteiger partial charge in [-0.25, -0.2) is 8.78 Å². The molecule has 0 saturated heterocycles. The van der Waals surface area contributed by atoms with Gasteiger partial charge >= 0.3 is 0 Å². The maximum Gasteiger partial charge on any atom is 0.187 e. The van der Waals surface area contributed by atoms with Crippen LogP contribution >= 0.6 is 11.6 Å². The first-order chi connectivity index (χ1) is 9.51. The van der Waals surface area contributed by atoms with E-state index < -0.39 is 17.4 Å². The average molecular weight is 295 g/mol. The van der Waals surface area contributed by atoms with Gasteiger partial charge in [-0.1, -0.05) is 11.6 Å². The van der Waals surface area contributed by atoms with Gasteiger partial charge in [0.25, 0.3) is 0 Å². The maximum atomic E-state index is 13.2. The van der Waals surface area contributed by atoms with E-state index in [1.54, 1.807) is 18.2 Å². The first-order valence-corrected chi connectivity index (χ1v) is 5.99. The van der Waals surface area contributed by atoms with E-state index in [0.717, 1.165) is 12.1 Å². The zero-order valence-electron chi connectivity index (χ0n) is 10.1. The number of benzene rings is 2. The third-order valence-electron chi connectivity index (χ3n) is 2.66. The second kappa shape index (κ2) is 5.76. The molecule has 0 unspecified atom stereocenters. The van der Waals surface area contributed by atoms with Gasteiger partial charge in [0, 0.05) is 11.6 Å². The van der Waals surface area contributed by atoms with Gasteiger partial charge < -0.3 is 10.4 Å². The highest BCUT2D eigenvalue weighted by Crippen LogP contribution is 2.24. The molecule has 0 aliphatic heterocycles. The Kier molecular flexibility index (Phi) is 4.06. The largest absolute Gasteiger partial charge is 0.503 e. The van der Waals surface area contributed by atoms with Crippen LogP contribution in [0.2, 0.25) is 5.02 Å². The summed E-state index contributed by atoms with van der Waals surface area (Å²) in [6, 6.07) is 8.68. The smallest absolute Gasteiger partial charge is 0.187 e. The van der Waals surface area contributed by atoms with E-state index in [2.05, 4.69) is 5.32 Å². The summed E-state index contributed by atoms with van der Waals surface area (Å²) in [6.07, 6.45) is 0. The molecule has 0 aromatic heterocycles. The number of nitrogens with one attached hydrogen (secondary N) is 1. The number of nitriles is 1. The van der Waals surface area contributed by atoms with Crippen molar-refractivity contribution in [3.63, 3.8) is 0 Å². The van der Waals surface area contributed by atoms with Crippen molar-refractivity contribution in [2.75, 3.05) is 5.32 Å². The van der Waals surface area contributed by atoms with Crippen LogP contribution in [0.4, 0.5) is 14.5 Å². The highest BCUT2D eigenvalue weighted by molar-refractivity contribution is 6.30. The van der Waals surface area contributed by atoms with Crippen LogP contribution in [0.1, 0.15) is 11.1 Å². The van der Waals surface area contributed by atoms with Crippen LogP contribution in [0.5, 0.6) is 5.75 Å². The molecular formula is C14H9ClF2N2O. The Hall–Kier alpha value is -2.32. The van der Waals surface area contributed by atoms with E-state index in [4.69, 9.17) is 22.0 Å². The Balaban J connectivity index is 2.21. The summed E-state index contributed by atoms with van der Waals surface area (Å²) < 4.78 is 26.4. The second-order valence-electron chi connectivity index (χ2n) is 4.06. The van der Waals surface area contributed by atoms with Gasteiger partial charge in [0.05, 0.1) is 11.3 Å². The lowest BCUT2D eigenvalue weighted by molar-refractivity contribution is 0.395. The summed E-state index contributed by atoms with van der Waals surface area (Å²) in [7, 11) is 0. The Labute approximate surface area is 119 Å². The third-order valence-corrected chi connectivity index (χ3v) is 2.90. The molecule has 0 amide bonds. The fourth-order valence-corrected chi connectivity index (χ4v) is 1.85. The van der Waals surface area contributed by atoms with Crippen LogP contribution in [0.15, 0.2) is 30.3 Å². The molecular weight excluding hydrogens is 286 g/mol. The van der Waals surface area contributed by atoms with E-state index >= 15 is 0 Å². The number of hydrogen-bond acceptors (Lipinski definition) is 3. The lowest BCUT2D eigenvalue weighted by Crippen LogP contribution is -2.02. The van der Waals surface area contributed by atoms with Crippen molar-refractivity contribution in [2.45, 2.75) is 6.54 Å². The molecule has 2 aromatic rings. The number of rotatable bonds is 3. The molecule has 3 nitrogen and oxygen atoms in total. The molecule has 0 saturated carbocycles. The molecule has 2 N–H and O–H groups in total. The molecule has 2 aromatic carbocycles. The van der Waals surface area contributed by atoms with E-state index in [-0.39, 0.29) is 6.54 Å². The number of hydrogen-bond donors (Lipinski definition) is 2. The highest BCUT2D eigenvalue weighted by atomic mass is 35.5. The molecule has 2 rings (SSSR count). The van der Waals surface area contributed by atoms with Crippen LogP contribution in [0.3, 0.4) is 0 Å². The minimum Gasteiger partial charge on any atom is -0.503 e. The van der Waals surface area contributed by atoms with E-state index in [1.807, 2.05) is 6.07 Å². The van der Waals surface area contributed by atoms with Gasteiger partial charge in [-0.05, 0) is 35.9 Å². The fraction of sp³-hybridized carbons (Fsp3) is 0.0714. The molecule has 0 radical (unpaired) electrons. The standard InChI is InChI=1S/C14H9ClF2N2O/c15-10-2-1-9(6-18)13(5-10)19-7-8-3-11(16)14(20)12(17)4-8/h1-5,19-20H,7H2. The minimum atomic E-state index is -1.03. The summed E-state index contributed by atoms with van der Waals surface area (Å²) in [6.45, 7) is 0.0865. The van der Waals surface area contributed by atoms with Crippen molar-refractivity contribution in [1.82, 2.24) is 0 Å². The van der Waals surface area contributed by atoms with Crippen molar-refractivity contribution in [3.8, 4) is 11.8 Å². The predicted octanol–water partition coefficient (Wildman–Crippen LogP) is 3.81. The molecule has 0 fully saturated rings. The summed E-state index contributed by atoms with van der Waals surface area (Å²) >= 11 is 5.82. The zero-order chi connectivity index (χ0) is 14.7. The average Bonchev–Trinajstić information content (AvgIpc) is 2.42. The summed E-state index contributed by atoms with van der Waals surface area (Å²) in [5.41, 5.74) is 1.13. The molecule has 0 bridgehead atoms. The minimum absolute atomic E-state index is 0.0865. The van der Waals surface area contributed by atoms with Gasteiger partial charge in [-0.15, -0.1) is 0 Å². The molecule has 20 heavy (non-hydrogen) atoms. The van der Waals surface area contributed by atoms with Crippen LogP contribution in [0, 0.1) is 23.0 Å². The highest BCUT2D eigenvalue weighted by Gasteiger charge is 2.10. The van der Waals surface area contributed by atoms with Gasteiger partial charge in [0.1, 0.15) is 6.07 Å². The summed E-state index contributed by atoms with van der Waals surface area (Å²) in [5, 5.41) is 21.3. The Morgan fingerprint density at radius 1 is 1.20 bits per heavy atom. The first-order valence-electron chi connectivity index (χ1n) is 5.61. The molecule has 0 spiro atoms. The van der Waals surface area contributed by atoms with Crippen LogP contribution < -0.4 is 5.32 Å². The van der Waals surface area contributed by atoms with Crippen molar-refractivity contribution in [1.29, 1.82) is 5.26 Å².